The molecular formula is C20H38N8O6. The molecule has 0 bridgehead atoms. The van der Waals surface area contributed by atoms with Gasteiger partial charge in [0.25, 0.3) is 0 Å². The number of rotatable bonds is 16. The van der Waals surface area contributed by atoms with E-state index >= 15 is 0 Å². The van der Waals surface area contributed by atoms with Crippen molar-refractivity contribution in [3.63, 3.8) is 0 Å². The van der Waals surface area contributed by atoms with E-state index in [-0.39, 0.29) is 37.6 Å². The van der Waals surface area contributed by atoms with Crippen LogP contribution in [0.5, 0.6) is 0 Å². The van der Waals surface area contributed by atoms with Gasteiger partial charge in [-0.1, -0.05) is 13.8 Å². The number of carboxylic acid groups (broad SMARTS) is 1. The smallest absolute Gasteiger partial charge is 0.326 e. The van der Waals surface area contributed by atoms with Crippen molar-refractivity contribution in [1.29, 1.82) is 0 Å². The van der Waals surface area contributed by atoms with Gasteiger partial charge in [-0.3, -0.25) is 24.2 Å². The highest BCUT2D eigenvalue weighted by atomic mass is 16.4. The van der Waals surface area contributed by atoms with E-state index in [1.165, 1.54) is 6.92 Å². The minimum absolute atomic E-state index is 0.0199. The lowest BCUT2D eigenvalue weighted by molar-refractivity contribution is -0.142. The predicted octanol–water partition coefficient (Wildman–Crippen LogP) is -2.76. The Morgan fingerprint density at radius 2 is 1.44 bits per heavy atom. The van der Waals surface area contributed by atoms with Gasteiger partial charge in [-0.25, -0.2) is 4.79 Å². The summed E-state index contributed by atoms with van der Waals surface area (Å²) in [5.41, 5.74) is 21.3. The van der Waals surface area contributed by atoms with Gasteiger partial charge in [-0.05, 0) is 38.5 Å². The van der Waals surface area contributed by atoms with Crippen LogP contribution in [0.1, 0.15) is 52.9 Å². The van der Waals surface area contributed by atoms with Crippen LogP contribution >= 0.6 is 0 Å². The molecule has 14 nitrogen and oxygen atoms in total. The Balaban J connectivity index is 5.00. The molecule has 0 heterocycles. The van der Waals surface area contributed by atoms with Crippen LogP contribution < -0.4 is 38.9 Å². The van der Waals surface area contributed by atoms with Gasteiger partial charge in [0.05, 0.1) is 6.04 Å². The van der Waals surface area contributed by atoms with E-state index in [0.29, 0.717) is 13.0 Å². The maximum Gasteiger partial charge on any atom is 0.326 e. The lowest BCUT2D eigenvalue weighted by Crippen LogP contribution is -2.56. The number of nitrogens with one attached hydrogen (secondary N) is 3. The Hall–Kier alpha value is -3.42. The second-order valence-electron chi connectivity index (χ2n) is 8.38. The summed E-state index contributed by atoms with van der Waals surface area (Å²) in [6.45, 7) is 5.38. The Morgan fingerprint density at radius 3 is 1.94 bits per heavy atom. The molecule has 0 aromatic rings. The first-order valence-electron chi connectivity index (χ1n) is 11.0. The average Bonchev–Trinajstić information content (AvgIpc) is 2.72. The zero-order valence-corrected chi connectivity index (χ0v) is 19.9. The second kappa shape index (κ2) is 15.4. The van der Waals surface area contributed by atoms with Gasteiger partial charge in [0.15, 0.2) is 5.96 Å². The molecule has 4 amide bonds. The van der Waals surface area contributed by atoms with Gasteiger partial charge in [-0.15, -0.1) is 0 Å². The molecule has 0 saturated carbocycles. The van der Waals surface area contributed by atoms with Gasteiger partial charge in [0, 0.05) is 13.0 Å². The first kappa shape index (κ1) is 30.6. The SMILES string of the molecule is CC(C)CC(NC(=O)C(C)NC(=O)C(N)CCCN=C(N)N)C(=O)NC(CCC(N)=O)C(=O)O. The number of carboxylic acids is 1. The normalized spacial score (nSPS) is 14.3. The van der Waals surface area contributed by atoms with Crippen LogP contribution in [-0.2, 0) is 24.0 Å². The quantitative estimate of drug-likeness (QED) is 0.0637. The molecule has 0 spiro atoms. The standard InChI is InChI=1S/C20H38N8O6/c1-10(2)9-14(18(32)27-13(19(33)34)6-7-15(22)29)28-16(30)11(3)26-17(31)12(21)5-4-8-25-20(23)24/h10-14H,4-9,21H2,1-3H3,(H2,22,29)(H,26,31)(H,27,32)(H,28,30)(H,33,34)(H4,23,24,25). The molecule has 0 saturated heterocycles. The Labute approximate surface area is 198 Å². The molecule has 12 N–H and O–H groups in total. The number of primary amides is 1. The maximum atomic E-state index is 12.7. The fraction of sp³-hybridized carbons (Fsp3) is 0.700. The number of carbonyl (C=O) groups is 5. The van der Waals surface area contributed by atoms with Gasteiger partial charge in [-0.2, -0.15) is 0 Å². The zero-order valence-electron chi connectivity index (χ0n) is 19.9. The van der Waals surface area contributed by atoms with E-state index in [1.54, 1.807) is 0 Å². The fourth-order valence-corrected chi connectivity index (χ4v) is 2.85. The molecule has 4 unspecified atom stereocenters. The molecule has 0 aromatic carbocycles. The number of aliphatic carboxylic acids is 1. The molecule has 34 heavy (non-hydrogen) atoms. The van der Waals surface area contributed by atoms with E-state index in [9.17, 15) is 29.1 Å². The summed E-state index contributed by atoms with van der Waals surface area (Å²) in [7, 11) is 0. The molecule has 0 radical (unpaired) electrons. The molecule has 0 rings (SSSR count). The molecule has 0 aromatic heterocycles. The van der Waals surface area contributed by atoms with Crippen LogP contribution in [0.25, 0.3) is 0 Å². The number of carbonyl (C=O) groups excluding carboxylic acids is 4. The van der Waals surface area contributed by atoms with Crippen LogP contribution in [0.3, 0.4) is 0 Å². The summed E-state index contributed by atoms with van der Waals surface area (Å²) >= 11 is 0. The average molecular weight is 487 g/mol. The first-order chi connectivity index (χ1) is 15.7. The van der Waals surface area contributed by atoms with E-state index in [4.69, 9.17) is 22.9 Å². The van der Waals surface area contributed by atoms with Crippen molar-refractivity contribution in [2.24, 2.45) is 33.8 Å². The van der Waals surface area contributed by atoms with Crippen molar-refractivity contribution in [2.75, 3.05) is 6.54 Å². The zero-order chi connectivity index (χ0) is 26.4. The van der Waals surface area contributed by atoms with E-state index < -0.39 is 53.8 Å². The number of amides is 4. The Morgan fingerprint density at radius 1 is 0.853 bits per heavy atom. The van der Waals surface area contributed by atoms with Crippen molar-refractivity contribution in [3.05, 3.63) is 0 Å². The van der Waals surface area contributed by atoms with Crippen LogP contribution in [-0.4, -0.2) is 71.4 Å². The number of hydrogen-bond donors (Lipinski definition) is 8. The number of aliphatic imine (C=N–C) groups is 1. The van der Waals surface area contributed by atoms with E-state index in [1.807, 2.05) is 13.8 Å². The molecule has 0 aliphatic rings. The third-order valence-electron chi connectivity index (χ3n) is 4.69. The Kier molecular flexibility index (Phi) is 13.9. The van der Waals surface area contributed by atoms with Crippen molar-refractivity contribution < 1.29 is 29.1 Å². The van der Waals surface area contributed by atoms with Crippen molar-refractivity contribution in [1.82, 2.24) is 16.0 Å². The highest BCUT2D eigenvalue weighted by Crippen LogP contribution is 2.07. The summed E-state index contributed by atoms with van der Waals surface area (Å²) in [4.78, 5) is 63.7. The van der Waals surface area contributed by atoms with Gasteiger partial charge >= 0.3 is 5.97 Å². The fourth-order valence-electron chi connectivity index (χ4n) is 2.85. The van der Waals surface area contributed by atoms with E-state index in [0.717, 1.165) is 0 Å². The number of guanidine groups is 1. The molecular weight excluding hydrogens is 448 g/mol. The molecule has 0 aliphatic heterocycles. The van der Waals surface area contributed by atoms with Gasteiger partial charge in [0.1, 0.15) is 18.1 Å². The Bertz CT molecular complexity index is 753. The van der Waals surface area contributed by atoms with Crippen LogP contribution in [0.15, 0.2) is 4.99 Å². The van der Waals surface area contributed by atoms with Gasteiger partial charge in [0.2, 0.25) is 23.6 Å². The minimum Gasteiger partial charge on any atom is -0.480 e. The number of hydrogen-bond acceptors (Lipinski definition) is 7. The second-order valence-corrected chi connectivity index (χ2v) is 8.38. The maximum absolute atomic E-state index is 12.7. The third-order valence-corrected chi connectivity index (χ3v) is 4.69. The van der Waals surface area contributed by atoms with Crippen molar-refractivity contribution in [2.45, 2.75) is 77.0 Å². The molecule has 4 atom stereocenters. The van der Waals surface area contributed by atoms with Crippen LogP contribution in [0.2, 0.25) is 0 Å². The predicted molar refractivity (Wildman–Crippen MR) is 125 cm³/mol. The summed E-state index contributed by atoms with van der Waals surface area (Å²) in [5, 5.41) is 16.6. The van der Waals surface area contributed by atoms with Gasteiger partial charge < -0.3 is 44.0 Å². The summed E-state index contributed by atoms with van der Waals surface area (Å²) in [5.74, 6) is -4.06. The van der Waals surface area contributed by atoms with Crippen molar-refractivity contribution in [3.8, 4) is 0 Å². The lowest BCUT2D eigenvalue weighted by atomic mass is 10.0. The molecule has 0 aliphatic carbocycles. The highest BCUT2D eigenvalue weighted by molar-refractivity contribution is 5.94. The van der Waals surface area contributed by atoms with E-state index in [2.05, 4.69) is 20.9 Å². The largest absolute Gasteiger partial charge is 0.480 e. The summed E-state index contributed by atoms with van der Waals surface area (Å²) in [6.07, 6.45) is 0.548. The summed E-state index contributed by atoms with van der Waals surface area (Å²) < 4.78 is 0. The summed E-state index contributed by atoms with van der Waals surface area (Å²) in [6, 6.07) is -4.30. The molecule has 0 fully saturated rings. The topological polar surface area (TPSA) is 258 Å². The number of nitrogens with two attached hydrogens (primary N) is 4. The minimum atomic E-state index is -1.35. The third kappa shape index (κ3) is 13.2. The van der Waals surface area contributed by atoms with Crippen LogP contribution in [0.4, 0.5) is 0 Å². The highest BCUT2D eigenvalue weighted by Gasteiger charge is 2.29. The first-order valence-corrected chi connectivity index (χ1v) is 11.0. The monoisotopic (exact) mass is 486 g/mol. The lowest BCUT2D eigenvalue weighted by Gasteiger charge is -2.24. The van der Waals surface area contributed by atoms with Crippen molar-refractivity contribution >= 4 is 35.6 Å². The van der Waals surface area contributed by atoms with Crippen LogP contribution in [0, 0.1) is 5.92 Å². The molecule has 194 valence electrons. The number of nitrogens with zero attached hydrogens (tertiary/aromatic N) is 1. The molecule has 14 heteroatoms.